The van der Waals surface area contributed by atoms with Gasteiger partial charge in [-0.25, -0.2) is 0 Å². The van der Waals surface area contributed by atoms with E-state index in [2.05, 4.69) is 0 Å². The molecule has 16 heavy (non-hydrogen) atoms. The van der Waals surface area contributed by atoms with Crippen molar-refractivity contribution in [2.75, 3.05) is 0 Å². The number of nitrogens with two attached hydrogens (primary N) is 1. The standard InChI is InChI=1S/C10H9N3O3/c11-9(14)6-12-5-4-7-2-1-3-8(10(7)12)13(15)16/h1-5H,6H2,(H2,11,14). The van der Waals surface area contributed by atoms with Gasteiger partial charge in [-0.2, -0.15) is 0 Å². The highest BCUT2D eigenvalue weighted by Gasteiger charge is 2.15. The summed E-state index contributed by atoms with van der Waals surface area (Å²) in [5, 5.41) is 11.5. The van der Waals surface area contributed by atoms with Crippen LogP contribution in [0.15, 0.2) is 30.5 Å². The first-order valence-corrected chi connectivity index (χ1v) is 4.60. The van der Waals surface area contributed by atoms with Crippen LogP contribution in [0.2, 0.25) is 0 Å². The number of fused-ring (bicyclic) bond motifs is 1. The molecule has 0 atom stereocenters. The number of amides is 1. The van der Waals surface area contributed by atoms with Crippen molar-refractivity contribution in [2.45, 2.75) is 6.54 Å². The second kappa shape index (κ2) is 3.65. The van der Waals surface area contributed by atoms with Gasteiger partial charge in [0.1, 0.15) is 12.1 Å². The second-order valence-corrected chi connectivity index (χ2v) is 3.38. The lowest BCUT2D eigenvalue weighted by Gasteiger charge is -2.02. The third kappa shape index (κ3) is 1.60. The number of hydrogen-bond donors (Lipinski definition) is 1. The summed E-state index contributed by atoms with van der Waals surface area (Å²) in [6, 6.07) is 6.47. The Morgan fingerprint density at radius 2 is 2.19 bits per heavy atom. The third-order valence-corrected chi connectivity index (χ3v) is 2.29. The molecule has 0 saturated heterocycles. The molecule has 0 aliphatic rings. The van der Waals surface area contributed by atoms with Crippen molar-refractivity contribution in [3.63, 3.8) is 0 Å². The van der Waals surface area contributed by atoms with E-state index >= 15 is 0 Å². The van der Waals surface area contributed by atoms with E-state index in [-0.39, 0.29) is 12.2 Å². The summed E-state index contributed by atoms with van der Waals surface area (Å²) in [6.45, 7) is -0.0612. The molecule has 6 nitrogen and oxygen atoms in total. The van der Waals surface area contributed by atoms with Crippen LogP contribution in [0.4, 0.5) is 5.69 Å². The highest BCUT2D eigenvalue weighted by atomic mass is 16.6. The fourth-order valence-electron chi connectivity index (χ4n) is 1.69. The number of nitro groups is 1. The summed E-state index contributed by atoms with van der Waals surface area (Å²) in [4.78, 5) is 21.2. The van der Waals surface area contributed by atoms with Crippen LogP contribution < -0.4 is 5.73 Å². The van der Waals surface area contributed by atoms with Gasteiger partial charge in [0, 0.05) is 17.6 Å². The Balaban J connectivity index is 2.67. The topological polar surface area (TPSA) is 91.2 Å². The monoisotopic (exact) mass is 219 g/mol. The molecular formula is C10H9N3O3. The van der Waals surface area contributed by atoms with Gasteiger partial charge in [-0.05, 0) is 6.07 Å². The molecule has 2 N–H and O–H groups in total. The van der Waals surface area contributed by atoms with E-state index < -0.39 is 10.8 Å². The number of para-hydroxylation sites is 1. The summed E-state index contributed by atoms with van der Waals surface area (Å²) in [5.74, 6) is -0.532. The maximum Gasteiger partial charge on any atom is 0.293 e. The number of benzene rings is 1. The maximum atomic E-state index is 10.8. The van der Waals surface area contributed by atoms with Gasteiger partial charge in [0.15, 0.2) is 0 Å². The van der Waals surface area contributed by atoms with Crippen LogP contribution >= 0.6 is 0 Å². The number of nitrogens with zero attached hydrogens (tertiary/aromatic N) is 2. The van der Waals surface area contributed by atoms with E-state index in [9.17, 15) is 14.9 Å². The zero-order valence-electron chi connectivity index (χ0n) is 8.29. The molecule has 1 heterocycles. The Morgan fingerprint density at radius 1 is 1.44 bits per heavy atom. The quantitative estimate of drug-likeness (QED) is 0.617. The van der Waals surface area contributed by atoms with Gasteiger partial charge in [-0.3, -0.25) is 14.9 Å². The molecule has 0 aliphatic heterocycles. The van der Waals surface area contributed by atoms with Gasteiger partial charge in [-0.15, -0.1) is 0 Å². The van der Waals surface area contributed by atoms with Gasteiger partial charge >= 0.3 is 0 Å². The molecule has 0 aliphatic carbocycles. The summed E-state index contributed by atoms with van der Waals surface area (Å²) in [7, 11) is 0. The number of carbonyl (C=O) groups is 1. The molecule has 0 spiro atoms. The zero-order valence-corrected chi connectivity index (χ0v) is 8.29. The summed E-state index contributed by atoms with van der Waals surface area (Å²) in [5.41, 5.74) is 5.47. The number of carbonyl (C=O) groups excluding carboxylic acids is 1. The molecule has 0 bridgehead atoms. The van der Waals surface area contributed by atoms with E-state index in [0.29, 0.717) is 5.52 Å². The van der Waals surface area contributed by atoms with Crippen LogP contribution in [0.5, 0.6) is 0 Å². The minimum atomic E-state index is -0.532. The summed E-state index contributed by atoms with van der Waals surface area (Å²) < 4.78 is 1.48. The lowest BCUT2D eigenvalue weighted by atomic mass is 10.2. The van der Waals surface area contributed by atoms with Gasteiger partial charge in [0.05, 0.1) is 4.92 Å². The van der Waals surface area contributed by atoms with E-state index in [1.165, 1.54) is 10.6 Å². The molecule has 0 unspecified atom stereocenters. The number of rotatable bonds is 3. The summed E-state index contributed by atoms with van der Waals surface area (Å²) in [6.07, 6.45) is 1.61. The van der Waals surface area contributed by atoms with Crippen molar-refractivity contribution in [3.8, 4) is 0 Å². The van der Waals surface area contributed by atoms with Gasteiger partial charge in [0.25, 0.3) is 5.69 Å². The Labute approximate surface area is 90.4 Å². The molecule has 0 fully saturated rings. The molecule has 6 heteroatoms. The highest BCUT2D eigenvalue weighted by molar-refractivity contribution is 5.89. The highest BCUT2D eigenvalue weighted by Crippen LogP contribution is 2.26. The first-order chi connectivity index (χ1) is 7.59. The zero-order chi connectivity index (χ0) is 11.7. The minimum Gasteiger partial charge on any atom is -0.368 e. The second-order valence-electron chi connectivity index (χ2n) is 3.38. The van der Waals surface area contributed by atoms with Crippen LogP contribution in [0.1, 0.15) is 0 Å². The molecule has 0 saturated carbocycles. The molecule has 0 radical (unpaired) electrons. The molecule has 1 aromatic heterocycles. The first kappa shape index (κ1) is 10.2. The third-order valence-electron chi connectivity index (χ3n) is 2.29. The molecule has 1 amide bonds. The summed E-state index contributed by atoms with van der Waals surface area (Å²) >= 11 is 0. The van der Waals surface area contributed by atoms with Crippen molar-refractivity contribution in [3.05, 3.63) is 40.6 Å². The predicted molar refractivity (Wildman–Crippen MR) is 57.8 cm³/mol. The molecule has 2 rings (SSSR count). The van der Waals surface area contributed by atoms with Crippen LogP contribution in [-0.2, 0) is 11.3 Å². The number of non-ortho nitro benzene ring substituents is 1. The molecule has 1 aromatic carbocycles. The van der Waals surface area contributed by atoms with Crippen molar-refractivity contribution in [1.82, 2.24) is 4.57 Å². The SMILES string of the molecule is NC(=O)Cn1ccc2cccc([N+](=O)[O-])c21. The smallest absolute Gasteiger partial charge is 0.293 e. The van der Waals surface area contributed by atoms with Gasteiger partial charge in [0.2, 0.25) is 5.91 Å². The van der Waals surface area contributed by atoms with E-state index in [0.717, 1.165) is 5.39 Å². The normalized spacial score (nSPS) is 10.5. The number of primary amides is 1. The van der Waals surface area contributed by atoms with Crippen molar-refractivity contribution in [1.29, 1.82) is 0 Å². The number of aromatic nitrogens is 1. The van der Waals surface area contributed by atoms with E-state index in [1.54, 1.807) is 24.4 Å². The van der Waals surface area contributed by atoms with Crippen LogP contribution in [-0.4, -0.2) is 15.4 Å². The Kier molecular flexibility index (Phi) is 2.32. The first-order valence-electron chi connectivity index (χ1n) is 4.60. The van der Waals surface area contributed by atoms with Crippen molar-refractivity contribution in [2.24, 2.45) is 5.73 Å². The van der Waals surface area contributed by atoms with Crippen LogP contribution in [0.3, 0.4) is 0 Å². The lowest BCUT2D eigenvalue weighted by Crippen LogP contribution is -2.18. The predicted octanol–water partition coefficient (Wildman–Crippen LogP) is 1.03. The van der Waals surface area contributed by atoms with Gasteiger partial charge in [-0.1, -0.05) is 12.1 Å². The molecule has 82 valence electrons. The Morgan fingerprint density at radius 3 is 2.81 bits per heavy atom. The fraction of sp³-hybridized carbons (Fsp3) is 0.100. The Hall–Kier alpha value is -2.37. The molecule has 2 aromatic rings. The number of nitro benzene ring substituents is 1. The number of hydrogen-bond acceptors (Lipinski definition) is 3. The average molecular weight is 219 g/mol. The lowest BCUT2D eigenvalue weighted by molar-refractivity contribution is -0.383. The average Bonchev–Trinajstić information content (AvgIpc) is 2.60. The van der Waals surface area contributed by atoms with Crippen molar-refractivity contribution < 1.29 is 9.72 Å². The van der Waals surface area contributed by atoms with E-state index in [1.807, 2.05) is 0 Å². The van der Waals surface area contributed by atoms with Crippen LogP contribution in [0.25, 0.3) is 10.9 Å². The maximum absolute atomic E-state index is 10.8. The largest absolute Gasteiger partial charge is 0.368 e. The fourth-order valence-corrected chi connectivity index (χ4v) is 1.69. The van der Waals surface area contributed by atoms with Crippen LogP contribution in [0, 0.1) is 10.1 Å². The van der Waals surface area contributed by atoms with Crippen molar-refractivity contribution >= 4 is 22.5 Å². The van der Waals surface area contributed by atoms with E-state index in [4.69, 9.17) is 5.73 Å². The Bertz CT molecular complexity index is 574. The van der Waals surface area contributed by atoms with Gasteiger partial charge < -0.3 is 10.3 Å². The minimum absolute atomic E-state index is 0.0243. The molecular weight excluding hydrogens is 210 g/mol.